The van der Waals surface area contributed by atoms with E-state index in [0.717, 1.165) is 0 Å². The molecule has 0 aliphatic heterocycles. The second-order valence-electron chi connectivity index (χ2n) is 2.89. The Morgan fingerprint density at radius 1 is 1.22 bits per heavy atom. The predicted octanol–water partition coefficient (Wildman–Crippen LogP) is 1.86. The Bertz CT molecular complexity index is 454. The summed E-state index contributed by atoms with van der Waals surface area (Å²) in [6.45, 7) is -0.236. The number of non-ortho nitro benzene ring substituents is 1. The zero-order valence-corrected chi connectivity index (χ0v) is 8.77. The minimum Gasteiger partial charge on any atom is -0.447 e. The van der Waals surface area contributed by atoms with Gasteiger partial charge >= 0.3 is 12.3 Å². The van der Waals surface area contributed by atoms with Crippen LogP contribution in [-0.4, -0.2) is 22.3 Å². The molecule has 18 heavy (non-hydrogen) atoms. The third-order valence-corrected chi connectivity index (χ3v) is 1.68. The van der Waals surface area contributed by atoms with Gasteiger partial charge in [-0.3, -0.25) is 10.1 Å². The van der Waals surface area contributed by atoms with E-state index in [1.165, 1.54) is 24.3 Å². The molecule has 9 nitrogen and oxygen atoms in total. The molecule has 0 fully saturated rings. The normalized spacial score (nSPS) is 9.33. The van der Waals surface area contributed by atoms with Gasteiger partial charge in [-0.2, -0.15) is 9.68 Å². The van der Waals surface area contributed by atoms with Gasteiger partial charge in [0, 0.05) is 12.1 Å². The van der Waals surface area contributed by atoms with Gasteiger partial charge in [0.1, 0.15) is 6.61 Å². The van der Waals surface area contributed by atoms with E-state index in [1.54, 1.807) is 0 Å². The van der Waals surface area contributed by atoms with Crippen molar-refractivity contribution in [3.63, 3.8) is 0 Å². The molecule has 0 amide bonds. The van der Waals surface area contributed by atoms with Crippen molar-refractivity contribution in [1.29, 1.82) is 0 Å². The third-order valence-electron chi connectivity index (χ3n) is 1.68. The molecule has 0 radical (unpaired) electrons. The molecule has 96 valence electrons. The molecule has 1 aromatic rings. The number of benzene rings is 1. The molecule has 0 heterocycles. The molecule has 9 heteroatoms. The molecule has 0 aliphatic rings. The fourth-order valence-electron chi connectivity index (χ4n) is 0.950. The Hall–Kier alpha value is -2.84. The van der Waals surface area contributed by atoms with Gasteiger partial charge in [-0.05, 0) is 17.7 Å². The van der Waals surface area contributed by atoms with Crippen molar-refractivity contribution < 1.29 is 34.1 Å². The molecule has 0 aliphatic carbocycles. The zero-order chi connectivity index (χ0) is 13.5. The van der Waals surface area contributed by atoms with Crippen LogP contribution in [0.25, 0.3) is 0 Å². The van der Waals surface area contributed by atoms with Gasteiger partial charge in [0.25, 0.3) is 5.69 Å². The van der Waals surface area contributed by atoms with Crippen molar-refractivity contribution >= 4 is 18.0 Å². The van der Waals surface area contributed by atoms with Crippen LogP contribution in [-0.2, 0) is 21.1 Å². The Morgan fingerprint density at radius 3 is 2.33 bits per heavy atom. The summed E-state index contributed by atoms with van der Waals surface area (Å²) < 4.78 is 4.46. The summed E-state index contributed by atoms with van der Waals surface area (Å²) in [6.07, 6.45) is -3.13. The van der Waals surface area contributed by atoms with Crippen LogP contribution in [0.2, 0.25) is 0 Å². The van der Waals surface area contributed by atoms with E-state index in [2.05, 4.69) is 14.5 Å². The molecule has 0 bridgehead atoms. The fourth-order valence-corrected chi connectivity index (χ4v) is 0.950. The Kier molecular flexibility index (Phi) is 4.43. The minimum absolute atomic E-state index is 0.101. The lowest BCUT2D eigenvalue weighted by atomic mass is 10.2. The zero-order valence-electron chi connectivity index (χ0n) is 8.77. The largest absolute Gasteiger partial charge is 0.550 e. The highest BCUT2D eigenvalue weighted by Gasteiger charge is 2.10. The summed E-state index contributed by atoms with van der Waals surface area (Å²) in [4.78, 5) is 37.6. The summed E-state index contributed by atoms with van der Waals surface area (Å²) in [5, 5.41) is 18.4. The number of ether oxygens (including phenoxy) is 1. The quantitative estimate of drug-likeness (QED) is 0.376. The Labute approximate surface area is 99.6 Å². The van der Waals surface area contributed by atoms with Crippen molar-refractivity contribution in [1.82, 2.24) is 0 Å². The summed E-state index contributed by atoms with van der Waals surface area (Å²) in [7, 11) is 0. The number of carbonyl (C=O) groups excluding carboxylic acids is 1. The number of nitro groups is 1. The van der Waals surface area contributed by atoms with Gasteiger partial charge in [-0.25, -0.2) is 9.68 Å². The molecule has 0 saturated heterocycles. The molecule has 1 aromatic carbocycles. The lowest BCUT2D eigenvalue weighted by Crippen LogP contribution is -2.11. The van der Waals surface area contributed by atoms with Gasteiger partial charge in [0.2, 0.25) is 0 Å². The van der Waals surface area contributed by atoms with Gasteiger partial charge in [0.15, 0.2) is 0 Å². The number of carboxylic acid groups (broad SMARTS) is 1. The fraction of sp³-hybridized carbons (Fsp3) is 0.111. The molecule has 0 saturated carbocycles. The van der Waals surface area contributed by atoms with E-state index in [1.807, 2.05) is 0 Å². The van der Waals surface area contributed by atoms with E-state index in [-0.39, 0.29) is 12.3 Å². The van der Waals surface area contributed by atoms with E-state index >= 15 is 0 Å². The van der Waals surface area contributed by atoms with Crippen molar-refractivity contribution in [2.24, 2.45) is 0 Å². The molecular formula is C9H7NO8. The summed E-state index contributed by atoms with van der Waals surface area (Å²) in [5.74, 6) is 0. The average molecular weight is 257 g/mol. The van der Waals surface area contributed by atoms with Crippen LogP contribution >= 0.6 is 0 Å². The summed E-state index contributed by atoms with van der Waals surface area (Å²) in [6, 6.07) is 5.22. The molecule has 0 atom stereocenters. The molecule has 1 N–H and O–H groups in total. The maximum atomic E-state index is 10.8. The standard InChI is InChI=1S/C9H7NO8/c11-8(12)17-18-9(13)16-5-6-1-3-7(4-2-6)10(14)15/h1-4H,5H2,(H,11,12). The van der Waals surface area contributed by atoms with Gasteiger partial charge in [-0.15, -0.1) is 0 Å². The van der Waals surface area contributed by atoms with Crippen LogP contribution < -0.4 is 0 Å². The van der Waals surface area contributed by atoms with Crippen LogP contribution in [0.15, 0.2) is 24.3 Å². The molecule has 0 unspecified atom stereocenters. The molecular weight excluding hydrogens is 250 g/mol. The molecule has 0 aromatic heterocycles. The maximum absolute atomic E-state index is 10.8. The van der Waals surface area contributed by atoms with Crippen LogP contribution in [0.3, 0.4) is 0 Å². The second kappa shape index (κ2) is 6.03. The first kappa shape index (κ1) is 13.2. The molecule has 1 rings (SSSR count). The number of nitro benzene ring substituents is 1. The van der Waals surface area contributed by atoms with Crippen molar-refractivity contribution in [2.45, 2.75) is 6.61 Å². The first-order valence-corrected chi connectivity index (χ1v) is 4.46. The Balaban J connectivity index is 2.41. The van der Waals surface area contributed by atoms with Crippen LogP contribution in [0.1, 0.15) is 5.56 Å². The number of nitrogens with zero attached hydrogens (tertiary/aromatic N) is 1. The number of hydrogen-bond donors (Lipinski definition) is 1. The summed E-state index contributed by atoms with van der Waals surface area (Å²) in [5.41, 5.74) is 0.364. The van der Waals surface area contributed by atoms with E-state index in [4.69, 9.17) is 5.11 Å². The maximum Gasteiger partial charge on any atom is 0.550 e. The smallest absolute Gasteiger partial charge is 0.447 e. The Morgan fingerprint density at radius 2 is 1.83 bits per heavy atom. The number of hydrogen-bond acceptors (Lipinski definition) is 7. The lowest BCUT2D eigenvalue weighted by Gasteiger charge is -2.02. The highest BCUT2D eigenvalue weighted by Crippen LogP contribution is 2.12. The first-order chi connectivity index (χ1) is 8.49. The van der Waals surface area contributed by atoms with E-state index in [9.17, 15) is 19.7 Å². The SMILES string of the molecule is O=C(O)OOC(=O)OCc1ccc([N+](=O)[O-])cc1. The monoisotopic (exact) mass is 257 g/mol. The van der Waals surface area contributed by atoms with Gasteiger partial charge in [-0.1, -0.05) is 0 Å². The lowest BCUT2D eigenvalue weighted by molar-refractivity contribution is -0.384. The van der Waals surface area contributed by atoms with Gasteiger partial charge in [0.05, 0.1) is 4.92 Å². The molecule has 0 spiro atoms. The van der Waals surface area contributed by atoms with Crippen LogP contribution in [0.4, 0.5) is 15.3 Å². The minimum atomic E-state index is -1.79. The number of carbonyl (C=O) groups is 2. The predicted molar refractivity (Wildman–Crippen MR) is 53.5 cm³/mol. The average Bonchev–Trinajstić information content (AvgIpc) is 2.34. The first-order valence-electron chi connectivity index (χ1n) is 4.46. The van der Waals surface area contributed by atoms with Crippen molar-refractivity contribution in [3.8, 4) is 0 Å². The van der Waals surface area contributed by atoms with E-state index in [0.29, 0.717) is 5.56 Å². The van der Waals surface area contributed by atoms with Crippen molar-refractivity contribution in [2.75, 3.05) is 0 Å². The highest BCUT2D eigenvalue weighted by molar-refractivity contribution is 5.62. The van der Waals surface area contributed by atoms with Crippen LogP contribution in [0, 0.1) is 10.1 Å². The third kappa shape index (κ3) is 4.35. The summed E-state index contributed by atoms with van der Waals surface area (Å²) >= 11 is 0. The van der Waals surface area contributed by atoms with Crippen LogP contribution in [0.5, 0.6) is 0 Å². The van der Waals surface area contributed by atoms with E-state index < -0.39 is 17.2 Å². The number of rotatable bonds is 3. The second-order valence-corrected chi connectivity index (χ2v) is 2.89. The van der Waals surface area contributed by atoms with Gasteiger partial charge < -0.3 is 9.84 Å². The topological polar surface area (TPSA) is 125 Å². The van der Waals surface area contributed by atoms with Crippen molar-refractivity contribution in [3.05, 3.63) is 39.9 Å². The highest BCUT2D eigenvalue weighted by atomic mass is 17.3.